The lowest BCUT2D eigenvalue weighted by Gasteiger charge is -2.10. The quantitative estimate of drug-likeness (QED) is 0.746. The van der Waals surface area contributed by atoms with Gasteiger partial charge in [-0.3, -0.25) is 0 Å². The summed E-state index contributed by atoms with van der Waals surface area (Å²) in [6, 6.07) is 5.53. The lowest BCUT2D eigenvalue weighted by Crippen LogP contribution is -2.29. The van der Waals surface area contributed by atoms with Crippen molar-refractivity contribution in [1.29, 1.82) is 0 Å². The summed E-state index contributed by atoms with van der Waals surface area (Å²) in [5, 5.41) is 9.31. The van der Waals surface area contributed by atoms with Crippen molar-refractivity contribution in [3.63, 3.8) is 0 Å². The van der Waals surface area contributed by atoms with Gasteiger partial charge in [0.25, 0.3) is 0 Å². The molecule has 0 heterocycles. The highest BCUT2D eigenvalue weighted by atomic mass is 32.2. The fourth-order valence-electron chi connectivity index (χ4n) is 1.44. The Morgan fingerprint density at radius 2 is 1.86 bits per heavy atom. The highest BCUT2D eigenvalue weighted by molar-refractivity contribution is 7.89. The topological polar surface area (TPSA) is 75.6 Å². The van der Waals surface area contributed by atoms with Crippen LogP contribution in [0.5, 0.6) is 0 Å². The zero-order chi connectivity index (χ0) is 16.1. The van der Waals surface area contributed by atoms with Crippen LogP contribution in [0.1, 0.15) is 18.6 Å². The van der Waals surface area contributed by atoms with E-state index in [1.807, 2.05) is 0 Å². The average molecular weight is 327 g/mol. The van der Waals surface area contributed by atoms with Gasteiger partial charge in [-0.2, -0.15) is 13.2 Å². The minimum absolute atomic E-state index is 0.0391. The maximum Gasteiger partial charge on any atom is 0.411 e. The van der Waals surface area contributed by atoms with Crippen LogP contribution in [-0.4, -0.2) is 39.5 Å². The van der Waals surface area contributed by atoms with Crippen molar-refractivity contribution in [2.75, 3.05) is 19.8 Å². The zero-order valence-electron chi connectivity index (χ0n) is 11.2. The molecule has 0 radical (unpaired) electrons. The molecule has 0 aliphatic heterocycles. The Hall–Kier alpha value is -1.16. The largest absolute Gasteiger partial charge is 0.411 e. The molecular weight excluding hydrogens is 311 g/mol. The molecule has 0 bridgehead atoms. The third-order valence-corrected chi connectivity index (χ3v) is 3.95. The van der Waals surface area contributed by atoms with Gasteiger partial charge in [0.1, 0.15) is 6.61 Å². The van der Waals surface area contributed by atoms with Crippen molar-refractivity contribution in [2.45, 2.75) is 24.1 Å². The minimum Gasteiger partial charge on any atom is -0.389 e. The summed E-state index contributed by atoms with van der Waals surface area (Å²) in [6.45, 7) is -0.529. The zero-order valence-corrected chi connectivity index (χ0v) is 12.0. The molecular formula is C12H16F3NO4S. The number of benzene rings is 1. The normalized spacial score (nSPS) is 14.1. The summed E-state index contributed by atoms with van der Waals surface area (Å²) in [6.07, 6.45) is -5.15. The molecule has 0 aliphatic carbocycles. The highest BCUT2D eigenvalue weighted by Gasteiger charge is 2.27. The fourth-order valence-corrected chi connectivity index (χ4v) is 2.46. The van der Waals surface area contributed by atoms with Crippen LogP contribution in [0, 0.1) is 0 Å². The van der Waals surface area contributed by atoms with Crippen LogP contribution < -0.4 is 4.72 Å². The van der Waals surface area contributed by atoms with Gasteiger partial charge in [-0.15, -0.1) is 0 Å². The molecule has 0 amide bonds. The standard InChI is InChI=1S/C12H16F3NO4S/c1-9(17)10-2-4-11(5-3-10)21(18,19)16-6-7-20-8-12(13,14)15/h2-5,9,16-17H,6-8H2,1H3. The summed E-state index contributed by atoms with van der Waals surface area (Å²) < 4.78 is 65.5. The smallest absolute Gasteiger partial charge is 0.389 e. The van der Waals surface area contributed by atoms with E-state index < -0.39 is 28.9 Å². The molecule has 1 aromatic rings. The number of hydrogen-bond acceptors (Lipinski definition) is 4. The van der Waals surface area contributed by atoms with Gasteiger partial charge in [0.05, 0.1) is 17.6 Å². The summed E-state index contributed by atoms with van der Waals surface area (Å²) >= 11 is 0. The van der Waals surface area contributed by atoms with Crippen molar-refractivity contribution in [3.05, 3.63) is 29.8 Å². The van der Waals surface area contributed by atoms with Crippen LogP contribution in [0.15, 0.2) is 29.2 Å². The number of nitrogens with one attached hydrogen (secondary N) is 1. The second-order valence-electron chi connectivity index (χ2n) is 4.31. The third-order valence-electron chi connectivity index (χ3n) is 2.48. The number of ether oxygens (including phenoxy) is 1. The summed E-state index contributed by atoms with van der Waals surface area (Å²) in [5.41, 5.74) is 0.558. The molecule has 0 fully saturated rings. The second-order valence-corrected chi connectivity index (χ2v) is 6.08. The number of aliphatic hydroxyl groups excluding tert-OH is 1. The molecule has 1 rings (SSSR count). The molecule has 0 spiro atoms. The van der Waals surface area contributed by atoms with Crippen LogP contribution in [0.25, 0.3) is 0 Å². The van der Waals surface area contributed by atoms with Crippen LogP contribution in [0.4, 0.5) is 13.2 Å². The average Bonchev–Trinajstić information content (AvgIpc) is 2.37. The minimum atomic E-state index is -4.43. The fraction of sp³-hybridized carbons (Fsp3) is 0.500. The van der Waals surface area contributed by atoms with Gasteiger partial charge >= 0.3 is 6.18 Å². The molecule has 1 aromatic carbocycles. The lowest BCUT2D eigenvalue weighted by molar-refractivity contribution is -0.173. The molecule has 5 nitrogen and oxygen atoms in total. The van der Waals surface area contributed by atoms with Crippen molar-refractivity contribution in [3.8, 4) is 0 Å². The van der Waals surface area contributed by atoms with Gasteiger partial charge in [-0.1, -0.05) is 12.1 Å². The van der Waals surface area contributed by atoms with Gasteiger partial charge in [0.2, 0.25) is 10.0 Å². The number of halogens is 3. The Morgan fingerprint density at radius 3 is 2.33 bits per heavy atom. The van der Waals surface area contributed by atoms with Gasteiger partial charge in [-0.25, -0.2) is 13.1 Å². The first kappa shape index (κ1) is 17.9. The van der Waals surface area contributed by atoms with E-state index >= 15 is 0 Å². The third kappa shape index (κ3) is 6.42. The first-order valence-corrected chi connectivity index (χ1v) is 7.52. The van der Waals surface area contributed by atoms with Gasteiger partial charge in [0, 0.05) is 6.54 Å². The number of sulfonamides is 1. The van der Waals surface area contributed by atoms with E-state index in [2.05, 4.69) is 9.46 Å². The molecule has 1 unspecified atom stereocenters. The van der Waals surface area contributed by atoms with E-state index in [0.717, 1.165) is 0 Å². The predicted octanol–water partition coefficient (Wildman–Crippen LogP) is 1.60. The predicted molar refractivity (Wildman–Crippen MR) is 69.1 cm³/mol. The Balaban J connectivity index is 2.50. The van der Waals surface area contributed by atoms with Gasteiger partial charge in [0.15, 0.2) is 0 Å². The maximum atomic E-state index is 11.8. The van der Waals surface area contributed by atoms with Crippen LogP contribution in [0.2, 0.25) is 0 Å². The lowest BCUT2D eigenvalue weighted by atomic mass is 10.1. The number of aliphatic hydroxyl groups is 1. The molecule has 0 aliphatic rings. The van der Waals surface area contributed by atoms with Gasteiger partial charge < -0.3 is 9.84 Å². The first-order chi connectivity index (χ1) is 9.62. The van der Waals surface area contributed by atoms with Crippen LogP contribution >= 0.6 is 0 Å². The van der Waals surface area contributed by atoms with E-state index in [1.54, 1.807) is 6.92 Å². The Morgan fingerprint density at radius 1 is 1.29 bits per heavy atom. The van der Waals surface area contributed by atoms with Crippen LogP contribution in [-0.2, 0) is 14.8 Å². The van der Waals surface area contributed by atoms with E-state index in [-0.39, 0.29) is 18.0 Å². The summed E-state index contributed by atoms with van der Waals surface area (Å²) in [7, 11) is -3.81. The molecule has 1 atom stereocenters. The Kier molecular flexibility index (Phi) is 6.14. The monoisotopic (exact) mass is 327 g/mol. The van der Waals surface area contributed by atoms with Gasteiger partial charge in [-0.05, 0) is 24.6 Å². The Bertz CT molecular complexity index is 541. The summed E-state index contributed by atoms with van der Waals surface area (Å²) in [4.78, 5) is -0.0391. The van der Waals surface area contributed by atoms with Crippen molar-refractivity contribution in [2.24, 2.45) is 0 Å². The molecule has 120 valence electrons. The number of hydrogen-bond donors (Lipinski definition) is 2. The molecule has 0 aromatic heterocycles. The first-order valence-electron chi connectivity index (χ1n) is 6.04. The van der Waals surface area contributed by atoms with E-state index in [1.165, 1.54) is 24.3 Å². The van der Waals surface area contributed by atoms with Crippen molar-refractivity contribution in [1.82, 2.24) is 4.72 Å². The maximum absolute atomic E-state index is 11.8. The molecule has 21 heavy (non-hydrogen) atoms. The summed E-state index contributed by atoms with van der Waals surface area (Å²) in [5.74, 6) is 0. The molecule has 9 heteroatoms. The molecule has 2 N–H and O–H groups in total. The van der Waals surface area contributed by atoms with E-state index in [4.69, 9.17) is 0 Å². The second kappa shape index (κ2) is 7.21. The van der Waals surface area contributed by atoms with E-state index in [0.29, 0.717) is 5.56 Å². The van der Waals surface area contributed by atoms with E-state index in [9.17, 15) is 26.7 Å². The van der Waals surface area contributed by atoms with Crippen LogP contribution in [0.3, 0.4) is 0 Å². The highest BCUT2D eigenvalue weighted by Crippen LogP contribution is 2.16. The number of rotatable bonds is 7. The van der Waals surface area contributed by atoms with Crippen molar-refractivity contribution >= 4 is 10.0 Å². The van der Waals surface area contributed by atoms with Crippen molar-refractivity contribution < 1.29 is 31.4 Å². The SMILES string of the molecule is CC(O)c1ccc(S(=O)(=O)NCCOCC(F)(F)F)cc1. The molecule has 0 saturated carbocycles. The molecule has 0 saturated heterocycles. The number of alkyl halides is 3. The Labute approximate surface area is 120 Å².